The van der Waals surface area contributed by atoms with Crippen molar-refractivity contribution in [3.8, 4) is 0 Å². The van der Waals surface area contributed by atoms with Crippen LogP contribution in [-0.2, 0) is 21.2 Å². The molecule has 7 nitrogen and oxygen atoms in total. The summed E-state index contributed by atoms with van der Waals surface area (Å²) in [5, 5.41) is 0.0753. The van der Waals surface area contributed by atoms with Gasteiger partial charge in [0.1, 0.15) is 5.82 Å². The van der Waals surface area contributed by atoms with Crippen LogP contribution in [0.15, 0.2) is 11.2 Å². The molecule has 2 atom stereocenters. The van der Waals surface area contributed by atoms with Crippen molar-refractivity contribution in [1.29, 1.82) is 0 Å². The highest BCUT2D eigenvalue weighted by Gasteiger charge is 2.37. The molecule has 112 valence electrons. The molecule has 2 rings (SSSR count). The van der Waals surface area contributed by atoms with Crippen molar-refractivity contribution in [2.75, 3.05) is 6.54 Å². The van der Waals surface area contributed by atoms with Gasteiger partial charge in [0, 0.05) is 19.0 Å². The van der Waals surface area contributed by atoms with Gasteiger partial charge in [-0.15, -0.1) is 0 Å². The first-order valence-electron chi connectivity index (χ1n) is 6.71. The highest BCUT2D eigenvalue weighted by atomic mass is 32.2. The lowest BCUT2D eigenvalue weighted by atomic mass is 9.95. The van der Waals surface area contributed by atoms with E-state index in [1.54, 1.807) is 0 Å². The number of H-pyrrole nitrogens is 1. The molecular formula is C12H20N4O3S. The first kappa shape index (κ1) is 15.0. The highest BCUT2D eigenvalue weighted by molar-refractivity contribution is 7.89. The van der Waals surface area contributed by atoms with Crippen LogP contribution in [-0.4, -0.2) is 41.2 Å². The molecule has 1 fully saturated rings. The summed E-state index contributed by atoms with van der Waals surface area (Å²) in [5.74, 6) is -0.245. The van der Waals surface area contributed by atoms with E-state index in [1.165, 1.54) is 10.5 Å². The third kappa shape index (κ3) is 2.71. The van der Waals surface area contributed by atoms with Crippen LogP contribution < -0.4 is 5.73 Å². The van der Waals surface area contributed by atoms with Gasteiger partial charge in [0.2, 0.25) is 5.91 Å². The van der Waals surface area contributed by atoms with E-state index in [0.717, 1.165) is 0 Å². The van der Waals surface area contributed by atoms with E-state index in [1.807, 2.05) is 13.8 Å². The molecule has 0 radical (unpaired) electrons. The molecule has 2 heterocycles. The van der Waals surface area contributed by atoms with Crippen LogP contribution in [0.2, 0.25) is 0 Å². The number of nitrogens with two attached hydrogens (primary N) is 1. The molecule has 1 aromatic heterocycles. The molecule has 1 saturated heterocycles. The van der Waals surface area contributed by atoms with Gasteiger partial charge in [-0.05, 0) is 19.8 Å². The number of hydrogen-bond donors (Lipinski definition) is 2. The van der Waals surface area contributed by atoms with Crippen molar-refractivity contribution >= 4 is 15.9 Å². The Morgan fingerprint density at radius 3 is 2.80 bits per heavy atom. The quantitative estimate of drug-likeness (QED) is 0.830. The van der Waals surface area contributed by atoms with E-state index in [0.29, 0.717) is 25.1 Å². The number of sulfonamides is 1. The minimum absolute atomic E-state index is 0.0753. The van der Waals surface area contributed by atoms with Gasteiger partial charge < -0.3 is 10.7 Å². The van der Waals surface area contributed by atoms with Gasteiger partial charge in [-0.3, -0.25) is 4.79 Å². The third-order valence-corrected chi connectivity index (χ3v) is 5.64. The van der Waals surface area contributed by atoms with Gasteiger partial charge >= 0.3 is 0 Å². The molecule has 0 spiro atoms. The number of carbonyl (C=O) groups is 1. The number of nitrogens with one attached hydrogen (secondary N) is 1. The maximum absolute atomic E-state index is 12.6. The number of piperidine rings is 1. The number of imidazole rings is 1. The van der Waals surface area contributed by atoms with Crippen LogP contribution >= 0.6 is 0 Å². The molecule has 20 heavy (non-hydrogen) atoms. The van der Waals surface area contributed by atoms with Crippen LogP contribution in [0.25, 0.3) is 0 Å². The minimum Gasteiger partial charge on any atom is -0.369 e. The van der Waals surface area contributed by atoms with Crippen molar-refractivity contribution in [1.82, 2.24) is 14.3 Å². The Bertz CT molecular complexity index is 596. The number of primary amides is 1. The molecule has 1 aromatic rings. The molecule has 1 amide bonds. The molecule has 2 unspecified atom stereocenters. The molecule has 0 saturated carbocycles. The number of amides is 1. The second-order valence-electron chi connectivity index (χ2n) is 5.15. The number of aryl methyl sites for hydroxylation is 1. The van der Waals surface area contributed by atoms with E-state index < -0.39 is 21.8 Å². The van der Waals surface area contributed by atoms with Crippen molar-refractivity contribution in [3.05, 3.63) is 12.0 Å². The van der Waals surface area contributed by atoms with E-state index in [4.69, 9.17) is 5.73 Å². The number of hydrogen-bond acceptors (Lipinski definition) is 4. The smallest absolute Gasteiger partial charge is 0.260 e. The Kier molecular flexibility index (Phi) is 4.14. The zero-order valence-electron chi connectivity index (χ0n) is 11.7. The van der Waals surface area contributed by atoms with E-state index in [2.05, 4.69) is 9.97 Å². The predicted octanol–water partition coefficient (Wildman–Crippen LogP) is 0.247. The fraction of sp³-hybridized carbons (Fsp3) is 0.667. The first-order valence-corrected chi connectivity index (χ1v) is 8.15. The number of aromatic amines is 1. The van der Waals surface area contributed by atoms with Crippen LogP contribution in [0.5, 0.6) is 0 Å². The van der Waals surface area contributed by atoms with Crippen molar-refractivity contribution in [3.63, 3.8) is 0 Å². The maximum Gasteiger partial charge on any atom is 0.260 e. The minimum atomic E-state index is -3.66. The number of aromatic nitrogens is 2. The fourth-order valence-corrected chi connectivity index (χ4v) is 4.06. The molecule has 3 N–H and O–H groups in total. The van der Waals surface area contributed by atoms with Gasteiger partial charge in [-0.2, -0.15) is 4.31 Å². The largest absolute Gasteiger partial charge is 0.369 e. The normalized spacial score (nSPS) is 24.7. The fourth-order valence-electron chi connectivity index (χ4n) is 2.42. The van der Waals surface area contributed by atoms with Gasteiger partial charge in [0.15, 0.2) is 5.03 Å². The van der Waals surface area contributed by atoms with Gasteiger partial charge in [-0.25, -0.2) is 13.4 Å². The Hall–Kier alpha value is -1.41. The zero-order chi connectivity index (χ0) is 14.9. The predicted molar refractivity (Wildman–Crippen MR) is 73.2 cm³/mol. The second kappa shape index (κ2) is 5.53. The van der Waals surface area contributed by atoms with Crippen LogP contribution in [0.4, 0.5) is 0 Å². The Labute approximate surface area is 118 Å². The van der Waals surface area contributed by atoms with Crippen molar-refractivity contribution in [2.24, 2.45) is 11.7 Å². The molecule has 0 aromatic carbocycles. The zero-order valence-corrected chi connectivity index (χ0v) is 12.5. The average molecular weight is 300 g/mol. The molecular weight excluding hydrogens is 280 g/mol. The Morgan fingerprint density at radius 2 is 2.25 bits per heavy atom. The summed E-state index contributed by atoms with van der Waals surface area (Å²) in [4.78, 5) is 18.1. The molecule has 0 aliphatic carbocycles. The Balaban J connectivity index is 2.29. The summed E-state index contributed by atoms with van der Waals surface area (Å²) in [7, 11) is -3.66. The van der Waals surface area contributed by atoms with E-state index in [9.17, 15) is 13.2 Å². The average Bonchev–Trinajstić information content (AvgIpc) is 2.88. The molecule has 1 aliphatic heterocycles. The summed E-state index contributed by atoms with van der Waals surface area (Å²) in [6, 6.07) is -0.149. The maximum atomic E-state index is 12.6. The van der Waals surface area contributed by atoms with Crippen LogP contribution in [0, 0.1) is 5.92 Å². The Morgan fingerprint density at radius 1 is 1.55 bits per heavy atom. The highest BCUT2D eigenvalue weighted by Crippen LogP contribution is 2.27. The van der Waals surface area contributed by atoms with Crippen LogP contribution in [0.3, 0.4) is 0 Å². The van der Waals surface area contributed by atoms with Gasteiger partial charge in [0.25, 0.3) is 10.0 Å². The summed E-state index contributed by atoms with van der Waals surface area (Å²) in [6.07, 6.45) is 3.22. The number of nitrogens with zero attached hydrogens (tertiary/aromatic N) is 2. The second-order valence-corrected chi connectivity index (χ2v) is 7.01. The monoisotopic (exact) mass is 300 g/mol. The lowest BCUT2D eigenvalue weighted by molar-refractivity contribution is -0.123. The van der Waals surface area contributed by atoms with E-state index in [-0.39, 0.29) is 17.6 Å². The standard InChI is InChI=1S/C12H20N4O3S/c1-3-10-14-6-11(15-10)20(18,19)16-7-9(12(13)17)5-4-8(16)2/h6,8-9H,3-5,7H2,1-2H3,(H2,13,17)(H,14,15). The molecule has 8 heteroatoms. The van der Waals surface area contributed by atoms with E-state index >= 15 is 0 Å². The molecule has 1 aliphatic rings. The van der Waals surface area contributed by atoms with Crippen molar-refractivity contribution < 1.29 is 13.2 Å². The summed E-state index contributed by atoms with van der Waals surface area (Å²) >= 11 is 0. The summed E-state index contributed by atoms with van der Waals surface area (Å²) in [6.45, 7) is 3.87. The summed E-state index contributed by atoms with van der Waals surface area (Å²) in [5.41, 5.74) is 5.30. The van der Waals surface area contributed by atoms with Crippen LogP contribution in [0.1, 0.15) is 32.5 Å². The SMILES string of the molecule is CCc1ncc(S(=O)(=O)N2CC(C(N)=O)CCC2C)[nH]1. The molecule has 0 bridgehead atoms. The lowest BCUT2D eigenvalue weighted by Gasteiger charge is -2.35. The number of rotatable bonds is 4. The van der Waals surface area contributed by atoms with Gasteiger partial charge in [0.05, 0.1) is 12.1 Å². The topological polar surface area (TPSA) is 109 Å². The lowest BCUT2D eigenvalue weighted by Crippen LogP contribution is -2.48. The first-order chi connectivity index (χ1) is 9.36. The summed E-state index contributed by atoms with van der Waals surface area (Å²) < 4.78 is 26.5. The third-order valence-electron chi connectivity index (χ3n) is 3.75. The van der Waals surface area contributed by atoms with Gasteiger partial charge in [-0.1, -0.05) is 6.92 Å². The number of carbonyl (C=O) groups excluding carboxylic acids is 1. The van der Waals surface area contributed by atoms with Crippen molar-refractivity contribution in [2.45, 2.75) is 44.2 Å².